The maximum Gasteiger partial charge on any atom is 0.255 e. The fourth-order valence-corrected chi connectivity index (χ4v) is 3.79. The first kappa shape index (κ1) is 15.2. The number of nitrogens with one attached hydrogen (secondary N) is 1. The summed E-state index contributed by atoms with van der Waals surface area (Å²) < 4.78 is 0. The fourth-order valence-electron chi connectivity index (χ4n) is 2.82. The average molecular weight is 356 g/mol. The standard InChI is InChI=1S/C18H14ClN3OS/c1-22-15-5-3-2-4-13(15)17(23)21-16(22)14-10-24-18(20-14)11-6-8-12(19)9-7-11/h2-10,16H,1H3,(H,21,23). The molecule has 4 nitrogen and oxygen atoms in total. The molecule has 1 atom stereocenters. The predicted octanol–water partition coefficient (Wildman–Crippen LogP) is 4.34. The molecule has 1 aromatic heterocycles. The molecule has 6 heteroatoms. The first-order valence-electron chi connectivity index (χ1n) is 7.47. The van der Waals surface area contributed by atoms with Crippen molar-refractivity contribution < 1.29 is 4.79 Å². The summed E-state index contributed by atoms with van der Waals surface area (Å²) in [5.41, 5.74) is 3.44. The van der Waals surface area contributed by atoms with E-state index in [0.717, 1.165) is 22.0 Å². The Morgan fingerprint density at radius 2 is 1.92 bits per heavy atom. The third-order valence-corrected chi connectivity index (χ3v) is 5.24. The van der Waals surface area contributed by atoms with Crippen molar-refractivity contribution in [3.05, 3.63) is 70.2 Å². The van der Waals surface area contributed by atoms with Crippen molar-refractivity contribution in [2.45, 2.75) is 6.17 Å². The van der Waals surface area contributed by atoms with E-state index < -0.39 is 0 Å². The molecule has 1 amide bonds. The Morgan fingerprint density at radius 3 is 2.71 bits per heavy atom. The van der Waals surface area contributed by atoms with Gasteiger partial charge in [0.1, 0.15) is 11.2 Å². The molecule has 0 radical (unpaired) electrons. The first-order valence-corrected chi connectivity index (χ1v) is 8.73. The van der Waals surface area contributed by atoms with Crippen LogP contribution in [0.5, 0.6) is 0 Å². The summed E-state index contributed by atoms with van der Waals surface area (Å²) in [5, 5.41) is 6.61. The number of halogens is 1. The van der Waals surface area contributed by atoms with E-state index in [-0.39, 0.29) is 12.1 Å². The van der Waals surface area contributed by atoms with Crippen LogP contribution in [0, 0.1) is 0 Å². The lowest BCUT2D eigenvalue weighted by molar-refractivity contribution is 0.0927. The number of amides is 1. The van der Waals surface area contributed by atoms with Crippen LogP contribution in [-0.4, -0.2) is 17.9 Å². The molecule has 4 rings (SSSR count). The quantitative estimate of drug-likeness (QED) is 0.743. The molecule has 3 aromatic rings. The van der Waals surface area contributed by atoms with Gasteiger partial charge in [-0.25, -0.2) is 4.98 Å². The second-order valence-corrected chi connectivity index (χ2v) is 6.88. The highest BCUT2D eigenvalue weighted by Crippen LogP contribution is 2.34. The maximum absolute atomic E-state index is 12.4. The molecule has 24 heavy (non-hydrogen) atoms. The van der Waals surface area contributed by atoms with E-state index in [2.05, 4.69) is 5.32 Å². The molecule has 0 spiro atoms. The molecule has 0 aliphatic carbocycles. The number of carbonyl (C=O) groups excluding carboxylic acids is 1. The van der Waals surface area contributed by atoms with E-state index in [1.807, 2.05) is 65.9 Å². The summed E-state index contributed by atoms with van der Waals surface area (Å²) in [6.45, 7) is 0. The van der Waals surface area contributed by atoms with Crippen LogP contribution in [0.3, 0.4) is 0 Å². The van der Waals surface area contributed by atoms with Crippen LogP contribution < -0.4 is 10.2 Å². The SMILES string of the molecule is CN1c2ccccc2C(=O)NC1c1csc(-c2ccc(Cl)cc2)n1. The number of hydrogen-bond donors (Lipinski definition) is 1. The highest BCUT2D eigenvalue weighted by Gasteiger charge is 2.30. The number of para-hydroxylation sites is 1. The van der Waals surface area contributed by atoms with Crippen LogP contribution in [0.4, 0.5) is 5.69 Å². The molecule has 1 aliphatic rings. The summed E-state index contributed by atoms with van der Waals surface area (Å²) in [4.78, 5) is 19.1. The molecule has 0 saturated heterocycles. The van der Waals surface area contributed by atoms with Crippen LogP contribution in [0.1, 0.15) is 22.2 Å². The van der Waals surface area contributed by atoms with Crippen molar-refractivity contribution in [2.24, 2.45) is 0 Å². The van der Waals surface area contributed by atoms with Crippen molar-refractivity contribution in [1.82, 2.24) is 10.3 Å². The zero-order chi connectivity index (χ0) is 16.7. The summed E-state index contributed by atoms with van der Waals surface area (Å²) >= 11 is 7.49. The number of thiazole rings is 1. The van der Waals surface area contributed by atoms with Crippen LogP contribution in [0.15, 0.2) is 53.9 Å². The van der Waals surface area contributed by atoms with Gasteiger partial charge in [-0.05, 0) is 24.3 Å². The molecular formula is C18H14ClN3OS. The minimum absolute atomic E-state index is 0.0743. The van der Waals surface area contributed by atoms with Crippen LogP contribution >= 0.6 is 22.9 Å². The lowest BCUT2D eigenvalue weighted by Gasteiger charge is -2.35. The number of aromatic nitrogens is 1. The van der Waals surface area contributed by atoms with Gasteiger partial charge in [0.2, 0.25) is 0 Å². The number of carbonyl (C=O) groups is 1. The lowest BCUT2D eigenvalue weighted by Crippen LogP contribution is -2.44. The maximum atomic E-state index is 12.4. The molecule has 120 valence electrons. The Hall–Kier alpha value is -2.37. The van der Waals surface area contributed by atoms with Gasteiger partial charge in [-0.15, -0.1) is 11.3 Å². The minimum Gasteiger partial charge on any atom is -0.349 e. The zero-order valence-electron chi connectivity index (χ0n) is 12.9. The van der Waals surface area contributed by atoms with Crippen LogP contribution in [0.2, 0.25) is 5.02 Å². The van der Waals surface area contributed by atoms with Crippen molar-refractivity contribution in [2.75, 3.05) is 11.9 Å². The Balaban J connectivity index is 1.68. The second kappa shape index (κ2) is 5.92. The predicted molar refractivity (Wildman–Crippen MR) is 97.6 cm³/mol. The Kier molecular flexibility index (Phi) is 3.75. The van der Waals surface area contributed by atoms with E-state index in [1.54, 1.807) is 11.3 Å². The third kappa shape index (κ3) is 2.56. The van der Waals surface area contributed by atoms with Gasteiger partial charge in [0.25, 0.3) is 5.91 Å². The summed E-state index contributed by atoms with van der Waals surface area (Å²) in [7, 11) is 1.96. The zero-order valence-corrected chi connectivity index (χ0v) is 14.4. The Morgan fingerprint density at radius 1 is 1.17 bits per heavy atom. The van der Waals surface area contributed by atoms with Gasteiger partial charge in [0.05, 0.1) is 16.9 Å². The molecule has 1 aliphatic heterocycles. The molecule has 1 unspecified atom stereocenters. The van der Waals surface area contributed by atoms with Gasteiger partial charge in [-0.2, -0.15) is 0 Å². The highest BCUT2D eigenvalue weighted by molar-refractivity contribution is 7.13. The van der Waals surface area contributed by atoms with E-state index in [0.29, 0.717) is 10.6 Å². The summed E-state index contributed by atoms with van der Waals surface area (Å²) in [6, 6.07) is 15.2. The minimum atomic E-state index is -0.273. The number of rotatable bonds is 2. The number of fused-ring (bicyclic) bond motifs is 1. The van der Waals surface area contributed by atoms with Gasteiger partial charge in [0, 0.05) is 23.0 Å². The number of hydrogen-bond acceptors (Lipinski definition) is 4. The summed E-state index contributed by atoms with van der Waals surface area (Å²) in [6.07, 6.45) is -0.273. The monoisotopic (exact) mass is 355 g/mol. The molecule has 0 saturated carbocycles. The van der Waals surface area contributed by atoms with Crippen LogP contribution in [-0.2, 0) is 0 Å². The van der Waals surface area contributed by atoms with Crippen molar-refractivity contribution in [1.29, 1.82) is 0 Å². The van der Waals surface area contributed by atoms with Crippen molar-refractivity contribution in [3.63, 3.8) is 0 Å². The number of benzene rings is 2. The fraction of sp³-hybridized carbons (Fsp3) is 0.111. The van der Waals surface area contributed by atoms with Gasteiger partial charge in [-0.1, -0.05) is 35.9 Å². The first-order chi connectivity index (χ1) is 11.6. The van der Waals surface area contributed by atoms with Gasteiger partial charge in [-0.3, -0.25) is 4.79 Å². The van der Waals surface area contributed by atoms with Crippen molar-refractivity contribution in [3.8, 4) is 10.6 Å². The van der Waals surface area contributed by atoms with E-state index >= 15 is 0 Å². The van der Waals surface area contributed by atoms with E-state index in [4.69, 9.17) is 16.6 Å². The Bertz CT molecular complexity index is 907. The molecule has 2 heterocycles. The van der Waals surface area contributed by atoms with Gasteiger partial charge < -0.3 is 10.2 Å². The van der Waals surface area contributed by atoms with Crippen LogP contribution in [0.25, 0.3) is 10.6 Å². The highest BCUT2D eigenvalue weighted by atomic mass is 35.5. The molecule has 2 aromatic carbocycles. The third-order valence-electron chi connectivity index (χ3n) is 4.08. The largest absolute Gasteiger partial charge is 0.349 e. The topological polar surface area (TPSA) is 45.2 Å². The number of nitrogens with zero attached hydrogens (tertiary/aromatic N) is 2. The number of anilines is 1. The average Bonchev–Trinajstić information content (AvgIpc) is 3.08. The van der Waals surface area contributed by atoms with E-state index in [1.165, 1.54) is 0 Å². The molecule has 0 bridgehead atoms. The van der Waals surface area contributed by atoms with Gasteiger partial charge in [0.15, 0.2) is 0 Å². The smallest absolute Gasteiger partial charge is 0.255 e. The van der Waals surface area contributed by atoms with Crippen molar-refractivity contribution >= 4 is 34.5 Å². The van der Waals surface area contributed by atoms with Gasteiger partial charge >= 0.3 is 0 Å². The normalized spacial score (nSPS) is 16.7. The second-order valence-electron chi connectivity index (χ2n) is 5.59. The molecule has 0 fully saturated rings. The lowest BCUT2D eigenvalue weighted by atomic mass is 10.1. The Labute approximate surface area is 148 Å². The molecule has 1 N–H and O–H groups in total. The summed E-state index contributed by atoms with van der Waals surface area (Å²) in [5.74, 6) is -0.0743. The molecular weight excluding hydrogens is 342 g/mol. The van der Waals surface area contributed by atoms with E-state index in [9.17, 15) is 4.79 Å².